The van der Waals surface area contributed by atoms with E-state index >= 15 is 0 Å². The average molecular weight is 553 g/mol. The Morgan fingerprint density at radius 1 is 1.26 bits per heavy atom. The molecule has 0 spiro atoms. The fourth-order valence-electron chi connectivity index (χ4n) is 4.89. The number of alkyl halides is 4. The number of aliphatic hydroxyl groups excluding tert-OH is 1. The third kappa shape index (κ3) is 5.46. The molecular formula is C24H28F4N8O3. The normalized spacial score (nSPS) is 21.2. The summed E-state index contributed by atoms with van der Waals surface area (Å²) in [5, 5.41) is 16.2. The molecule has 4 N–H and O–H groups in total. The van der Waals surface area contributed by atoms with Gasteiger partial charge in [0.05, 0.1) is 18.8 Å². The lowest BCUT2D eigenvalue weighted by Crippen LogP contribution is -2.43. The van der Waals surface area contributed by atoms with Crippen LogP contribution in [0.4, 0.5) is 23.4 Å². The molecule has 0 bridgehead atoms. The molecule has 3 aromatic rings. The van der Waals surface area contributed by atoms with E-state index in [0.29, 0.717) is 29.1 Å². The number of nitrogen functional groups attached to an aromatic ring is 1. The molecule has 2 fully saturated rings. The number of hydrogen-bond acceptors (Lipinski definition) is 9. The number of carbonyl (C=O) groups is 1. The van der Waals surface area contributed by atoms with Gasteiger partial charge in [-0.3, -0.25) is 14.6 Å². The van der Waals surface area contributed by atoms with Crippen LogP contribution >= 0.6 is 0 Å². The maximum atomic E-state index is 14.6. The summed E-state index contributed by atoms with van der Waals surface area (Å²) in [5.41, 5.74) is 8.86. The van der Waals surface area contributed by atoms with E-state index in [1.54, 1.807) is 4.52 Å². The zero-order valence-corrected chi connectivity index (χ0v) is 21.0. The van der Waals surface area contributed by atoms with Gasteiger partial charge in [-0.25, -0.2) is 18.9 Å². The summed E-state index contributed by atoms with van der Waals surface area (Å²) in [4.78, 5) is 24.9. The van der Waals surface area contributed by atoms with E-state index in [4.69, 9.17) is 10.5 Å². The van der Waals surface area contributed by atoms with Crippen LogP contribution in [0.3, 0.4) is 0 Å². The first-order chi connectivity index (χ1) is 18.5. The van der Waals surface area contributed by atoms with Crippen molar-refractivity contribution in [1.82, 2.24) is 34.7 Å². The van der Waals surface area contributed by atoms with Gasteiger partial charge in [0.1, 0.15) is 23.6 Å². The van der Waals surface area contributed by atoms with Crippen molar-refractivity contribution >= 4 is 17.2 Å². The van der Waals surface area contributed by atoms with Gasteiger partial charge in [-0.05, 0) is 37.2 Å². The summed E-state index contributed by atoms with van der Waals surface area (Å²) >= 11 is 0. The Kier molecular flexibility index (Phi) is 7.31. The maximum absolute atomic E-state index is 14.6. The molecule has 0 aliphatic carbocycles. The lowest BCUT2D eigenvalue weighted by molar-refractivity contribution is -0.207. The number of nitrogens with zero attached hydrogens (tertiary/aromatic N) is 6. The van der Waals surface area contributed by atoms with Crippen LogP contribution in [0.5, 0.6) is 5.88 Å². The van der Waals surface area contributed by atoms with Crippen LogP contribution in [0.15, 0.2) is 24.7 Å². The lowest BCUT2D eigenvalue weighted by Gasteiger charge is -2.30. The minimum atomic E-state index is -4.82. The second kappa shape index (κ2) is 10.5. The number of nitrogens with one attached hydrogen (secondary N) is 1. The Morgan fingerprint density at radius 3 is 2.69 bits per heavy atom. The highest BCUT2D eigenvalue weighted by molar-refractivity contribution is 5.98. The van der Waals surface area contributed by atoms with Crippen molar-refractivity contribution in [2.45, 2.75) is 37.5 Å². The Hall–Kier alpha value is -3.56. The molecule has 0 aromatic carbocycles. The number of carbonyl (C=O) groups excluding carboxylic acids is 1. The highest BCUT2D eigenvalue weighted by Gasteiger charge is 2.42. The van der Waals surface area contributed by atoms with E-state index in [2.05, 4.69) is 25.3 Å². The second-order valence-corrected chi connectivity index (χ2v) is 9.74. The molecular weight excluding hydrogens is 524 g/mol. The van der Waals surface area contributed by atoms with Crippen molar-refractivity contribution in [3.8, 4) is 17.1 Å². The number of ether oxygens (including phenoxy) is 1. The van der Waals surface area contributed by atoms with Gasteiger partial charge in [0.2, 0.25) is 5.88 Å². The van der Waals surface area contributed by atoms with Gasteiger partial charge in [-0.1, -0.05) is 0 Å². The van der Waals surface area contributed by atoms with Crippen LogP contribution in [0.1, 0.15) is 22.3 Å². The van der Waals surface area contributed by atoms with Crippen molar-refractivity contribution in [2.75, 3.05) is 45.6 Å². The smallest absolute Gasteiger partial charge is 0.415 e. The largest absolute Gasteiger partial charge is 0.480 e. The van der Waals surface area contributed by atoms with Crippen LogP contribution in [0, 0.1) is 0 Å². The Bertz CT molecular complexity index is 1360. The number of rotatable bonds is 8. The van der Waals surface area contributed by atoms with Gasteiger partial charge in [-0.15, -0.1) is 0 Å². The molecule has 15 heteroatoms. The van der Waals surface area contributed by atoms with E-state index in [0.717, 1.165) is 30.0 Å². The van der Waals surface area contributed by atoms with Gasteiger partial charge in [0.25, 0.3) is 5.91 Å². The summed E-state index contributed by atoms with van der Waals surface area (Å²) in [5.74, 6) is -0.408. The summed E-state index contributed by atoms with van der Waals surface area (Å²) < 4.78 is 59.7. The zero-order chi connectivity index (χ0) is 27.9. The molecule has 1 amide bonds. The number of β-amino-alcohol motifs (C(OH)–C–C–N with tert-alkyl or cyclic N) is 1. The SMILES string of the molecule is COc1ncc(-c2cc(CN3CCC3)c3c(N)ncnn23)cc1C(=O)N[C@@H]1CN(CC(O)C(F)(F)F)C[C@@H]1F. The third-order valence-electron chi connectivity index (χ3n) is 7.04. The summed E-state index contributed by atoms with van der Waals surface area (Å²) in [6, 6.07) is 2.35. The Labute approximate surface area is 220 Å². The predicted octanol–water partition coefficient (Wildman–Crippen LogP) is 1.26. The van der Waals surface area contributed by atoms with E-state index in [1.165, 1.54) is 25.7 Å². The van der Waals surface area contributed by atoms with Crippen LogP contribution < -0.4 is 15.8 Å². The summed E-state index contributed by atoms with van der Waals surface area (Å²) in [6.45, 7) is 1.25. The van der Waals surface area contributed by atoms with Crippen LogP contribution in [0.2, 0.25) is 0 Å². The number of anilines is 1. The molecule has 2 aliphatic heterocycles. The monoisotopic (exact) mass is 552 g/mol. The van der Waals surface area contributed by atoms with E-state index in [-0.39, 0.29) is 24.5 Å². The van der Waals surface area contributed by atoms with Crippen molar-refractivity contribution < 1.29 is 32.2 Å². The lowest BCUT2D eigenvalue weighted by atomic mass is 10.1. The fourth-order valence-corrected chi connectivity index (χ4v) is 4.89. The topological polar surface area (TPSA) is 134 Å². The summed E-state index contributed by atoms with van der Waals surface area (Å²) in [7, 11) is 1.33. The van der Waals surface area contributed by atoms with Gasteiger partial charge in [-0.2, -0.15) is 18.3 Å². The number of aromatic nitrogens is 4. The van der Waals surface area contributed by atoms with Crippen LogP contribution in [-0.4, -0.2) is 105 Å². The molecule has 5 rings (SSSR count). The number of nitrogens with two attached hydrogens (primary N) is 1. The molecule has 210 valence electrons. The van der Waals surface area contributed by atoms with Gasteiger partial charge in [0.15, 0.2) is 11.9 Å². The highest BCUT2D eigenvalue weighted by atomic mass is 19.4. The van der Waals surface area contributed by atoms with Crippen molar-refractivity contribution in [3.05, 3.63) is 35.8 Å². The fraction of sp³-hybridized carbons (Fsp3) is 0.500. The quantitative estimate of drug-likeness (QED) is 0.353. The standard InChI is InChI=1S/C24H28F4N8O3/c1-39-23-15(22(38)33-17-10-35(9-16(17)25)11-19(37)24(26,27)28)5-13(7-30-23)18-6-14(8-34-3-2-4-34)20-21(29)31-12-32-36(18)20/h5-7,12,16-17,19,37H,2-4,8-11H2,1H3,(H,33,38)(H2,29,31,32)/t16-,17+,19?/m0/s1. The van der Waals surface area contributed by atoms with E-state index in [1.807, 2.05) is 6.07 Å². The average Bonchev–Trinajstić information content (AvgIpc) is 3.40. The van der Waals surface area contributed by atoms with E-state index < -0.39 is 36.9 Å². The first-order valence-electron chi connectivity index (χ1n) is 12.3. The van der Waals surface area contributed by atoms with Crippen LogP contribution in [0.25, 0.3) is 16.8 Å². The van der Waals surface area contributed by atoms with Gasteiger partial charge < -0.3 is 20.9 Å². The van der Waals surface area contributed by atoms with Gasteiger partial charge in [0, 0.05) is 37.9 Å². The molecule has 3 aromatic heterocycles. The number of hydrogen-bond donors (Lipinski definition) is 3. The number of amides is 1. The Balaban J connectivity index is 1.40. The molecule has 39 heavy (non-hydrogen) atoms. The number of methoxy groups -OCH3 is 1. The molecule has 0 radical (unpaired) electrons. The second-order valence-electron chi connectivity index (χ2n) is 9.74. The molecule has 11 nitrogen and oxygen atoms in total. The first kappa shape index (κ1) is 27.0. The summed E-state index contributed by atoms with van der Waals surface area (Å²) in [6.07, 6.45) is -5.10. The van der Waals surface area contributed by atoms with Crippen molar-refractivity contribution in [2.24, 2.45) is 0 Å². The molecule has 5 heterocycles. The minimum absolute atomic E-state index is 0.00944. The third-order valence-corrected chi connectivity index (χ3v) is 7.04. The molecule has 2 saturated heterocycles. The van der Waals surface area contributed by atoms with E-state index in [9.17, 15) is 27.5 Å². The molecule has 2 aliphatic rings. The van der Waals surface area contributed by atoms with Gasteiger partial charge >= 0.3 is 6.18 Å². The molecule has 3 atom stereocenters. The number of pyridine rings is 1. The number of aliphatic hydroxyl groups is 1. The predicted molar refractivity (Wildman–Crippen MR) is 132 cm³/mol. The zero-order valence-electron chi connectivity index (χ0n) is 21.0. The van der Waals surface area contributed by atoms with Crippen LogP contribution in [-0.2, 0) is 6.54 Å². The number of halogens is 4. The molecule has 0 saturated carbocycles. The van der Waals surface area contributed by atoms with Crippen molar-refractivity contribution in [3.63, 3.8) is 0 Å². The number of fused-ring (bicyclic) bond motifs is 1. The Morgan fingerprint density at radius 2 is 2.03 bits per heavy atom. The maximum Gasteiger partial charge on any atom is 0.415 e. The highest BCUT2D eigenvalue weighted by Crippen LogP contribution is 2.31. The molecule has 1 unspecified atom stereocenters. The number of likely N-dealkylation sites (tertiary alicyclic amines) is 2. The van der Waals surface area contributed by atoms with Crippen molar-refractivity contribution in [1.29, 1.82) is 0 Å². The first-order valence-corrected chi connectivity index (χ1v) is 12.3. The minimum Gasteiger partial charge on any atom is -0.480 e.